The number of benzene rings is 3. The third-order valence-electron chi connectivity index (χ3n) is 4.89. The summed E-state index contributed by atoms with van der Waals surface area (Å²) >= 11 is 0. The predicted octanol–water partition coefficient (Wildman–Crippen LogP) is 6.57. The fraction of sp³-hybridized carbons (Fsp3) is 0.286. The zero-order valence-electron chi connectivity index (χ0n) is 19.1. The van der Waals surface area contributed by atoms with Gasteiger partial charge in [-0.25, -0.2) is 4.79 Å². The van der Waals surface area contributed by atoms with E-state index in [2.05, 4.69) is 41.7 Å². The third kappa shape index (κ3) is 7.38. The normalized spacial score (nSPS) is 12.0. The topological polar surface area (TPSA) is 50.7 Å². The second-order valence-electron chi connectivity index (χ2n) is 8.71. The van der Waals surface area contributed by atoms with Gasteiger partial charge in [0.1, 0.15) is 5.60 Å². The largest absolute Gasteiger partial charge is 0.444 e. The number of rotatable bonds is 8. The van der Waals surface area contributed by atoms with Crippen molar-refractivity contribution < 1.29 is 9.53 Å². The molecule has 4 nitrogen and oxygen atoms in total. The Morgan fingerprint density at radius 3 is 1.84 bits per heavy atom. The predicted molar refractivity (Wildman–Crippen MR) is 131 cm³/mol. The molecular weight excluding hydrogens is 396 g/mol. The fourth-order valence-corrected chi connectivity index (χ4v) is 3.44. The maximum atomic E-state index is 12.0. The first-order chi connectivity index (χ1) is 15.4. The van der Waals surface area contributed by atoms with Gasteiger partial charge in [-0.05, 0) is 39.2 Å². The average molecular weight is 429 g/mol. The lowest BCUT2D eigenvalue weighted by molar-refractivity contribution is 0.0526. The summed E-state index contributed by atoms with van der Waals surface area (Å²) in [5.74, 6) is 0. The van der Waals surface area contributed by atoms with E-state index in [-0.39, 0.29) is 12.1 Å². The second-order valence-corrected chi connectivity index (χ2v) is 8.71. The van der Waals surface area contributed by atoms with Crippen LogP contribution in [0.15, 0.2) is 96.0 Å². The van der Waals surface area contributed by atoms with Gasteiger partial charge in [-0.3, -0.25) is 4.99 Å². The molecule has 1 amide bonds. The van der Waals surface area contributed by atoms with Crippen LogP contribution in [0.1, 0.15) is 56.3 Å². The molecule has 0 spiro atoms. The minimum absolute atomic E-state index is 0.0213. The number of hydrogen-bond donors (Lipinski definition) is 1. The van der Waals surface area contributed by atoms with Crippen LogP contribution in [0.25, 0.3) is 0 Å². The van der Waals surface area contributed by atoms with Gasteiger partial charge in [0.25, 0.3) is 0 Å². The molecule has 0 aliphatic rings. The van der Waals surface area contributed by atoms with Gasteiger partial charge in [0.05, 0.1) is 11.8 Å². The smallest absolute Gasteiger partial charge is 0.407 e. The number of ether oxygens (including phenoxy) is 1. The van der Waals surface area contributed by atoms with Gasteiger partial charge >= 0.3 is 6.09 Å². The summed E-state index contributed by atoms with van der Waals surface area (Å²) in [6, 6.07) is 30.9. The highest BCUT2D eigenvalue weighted by atomic mass is 16.6. The maximum absolute atomic E-state index is 12.0. The second kappa shape index (κ2) is 11.3. The van der Waals surface area contributed by atoms with E-state index in [1.54, 1.807) is 0 Å². The van der Waals surface area contributed by atoms with Gasteiger partial charge in [-0.2, -0.15) is 0 Å². The number of nitrogens with one attached hydrogen (secondary N) is 1. The quantitative estimate of drug-likeness (QED) is 0.326. The average Bonchev–Trinajstić information content (AvgIpc) is 2.79. The van der Waals surface area contributed by atoms with Gasteiger partial charge in [0.15, 0.2) is 0 Å². The van der Waals surface area contributed by atoms with Crippen molar-refractivity contribution in [3.63, 3.8) is 0 Å². The van der Waals surface area contributed by atoms with Gasteiger partial charge in [0, 0.05) is 17.7 Å². The number of hydrogen-bond acceptors (Lipinski definition) is 3. The maximum Gasteiger partial charge on any atom is 0.407 e. The molecule has 32 heavy (non-hydrogen) atoms. The number of carbonyl (C=O) groups is 1. The van der Waals surface area contributed by atoms with E-state index < -0.39 is 5.60 Å². The zero-order valence-corrected chi connectivity index (χ0v) is 19.1. The van der Waals surface area contributed by atoms with E-state index in [0.717, 1.165) is 35.2 Å². The molecule has 0 saturated carbocycles. The lowest BCUT2D eigenvalue weighted by atomic mass is 9.99. The van der Waals surface area contributed by atoms with Crippen molar-refractivity contribution in [2.24, 2.45) is 4.99 Å². The first kappa shape index (κ1) is 23.3. The number of aliphatic imine (C=N–C) groups is 1. The molecular formula is C28H32N2O2. The van der Waals surface area contributed by atoms with Crippen molar-refractivity contribution in [1.29, 1.82) is 0 Å². The molecule has 1 unspecified atom stereocenters. The van der Waals surface area contributed by atoms with Crippen LogP contribution in [0.2, 0.25) is 0 Å². The molecule has 0 heterocycles. The summed E-state index contributed by atoms with van der Waals surface area (Å²) < 4.78 is 5.33. The Balaban J connectivity index is 1.81. The number of carbonyl (C=O) groups excluding carboxylic acids is 1. The van der Waals surface area contributed by atoms with Crippen LogP contribution in [0.3, 0.4) is 0 Å². The van der Waals surface area contributed by atoms with Crippen LogP contribution >= 0.6 is 0 Å². The van der Waals surface area contributed by atoms with Crippen molar-refractivity contribution in [2.75, 3.05) is 6.54 Å². The van der Waals surface area contributed by atoms with E-state index in [0.29, 0.717) is 6.54 Å². The molecule has 0 aliphatic carbocycles. The lowest BCUT2D eigenvalue weighted by Crippen LogP contribution is -2.33. The van der Waals surface area contributed by atoms with Gasteiger partial charge in [-0.1, -0.05) is 91.0 Å². The first-order valence-corrected chi connectivity index (χ1v) is 11.1. The molecule has 4 heteroatoms. The van der Waals surface area contributed by atoms with E-state index in [1.807, 2.05) is 75.4 Å². The molecule has 3 aromatic rings. The summed E-state index contributed by atoms with van der Waals surface area (Å²) in [6.45, 7) is 6.13. The van der Waals surface area contributed by atoms with Crippen molar-refractivity contribution in [1.82, 2.24) is 5.32 Å². The molecule has 0 bridgehead atoms. The number of nitrogens with zero attached hydrogens (tertiary/aromatic N) is 1. The molecule has 3 rings (SSSR count). The number of alkyl carbamates (subject to hydrolysis) is 1. The van der Waals surface area contributed by atoms with Gasteiger partial charge < -0.3 is 10.1 Å². The van der Waals surface area contributed by atoms with E-state index >= 15 is 0 Å². The van der Waals surface area contributed by atoms with Gasteiger partial charge in [0.2, 0.25) is 0 Å². The van der Waals surface area contributed by atoms with Crippen LogP contribution in [0.4, 0.5) is 4.79 Å². The SMILES string of the molecule is CC(C)(C)OC(=O)NCCCC(N=C(c1ccccc1)c1ccccc1)c1ccccc1. The fourth-order valence-electron chi connectivity index (χ4n) is 3.44. The Kier molecular flexibility index (Phi) is 8.20. The standard InChI is InChI=1S/C28H32N2O2/c1-28(2,3)32-27(31)29-21-13-20-25(22-14-7-4-8-15-22)30-26(23-16-9-5-10-17-23)24-18-11-6-12-19-24/h4-12,14-19,25H,13,20-21H2,1-3H3,(H,29,31). The summed E-state index contributed by atoms with van der Waals surface area (Å²) in [7, 11) is 0. The van der Waals surface area contributed by atoms with Crippen molar-refractivity contribution in [3.8, 4) is 0 Å². The molecule has 0 aromatic heterocycles. The Hall–Kier alpha value is -3.40. The van der Waals surface area contributed by atoms with Crippen molar-refractivity contribution >= 4 is 11.8 Å². The zero-order chi connectivity index (χ0) is 22.8. The summed E-state index contributed by atoms with van der Waals surface area (Å²) in [4.78, 5) is 17.2. The molecule has 1 N–H and O–H groups in total. The molecule has 0 radical (unpaired) electrons. The Morgan fingerprint density at radius 2 is 1.34 bits per heavy atom. The van der Waals surface area contributed by atoms with Gasteiger partial charge in [-0.15, -0.1) is 0 Å². The first-order valence-electron chi connectivity index (χ1n) is 11.1. The van der Waals surface area contributed by atoms with E-state index in [9.17, 15) is 4.79 Å². The summed E-state index contributed by atoms with van der Waals surface area (Å²) in [5, 5.41) is 2.85. The van der Waals surface area contributed by atoms with E-state index in [4.69, 9.17) is 9.73 Å². The van der Waals surface area contributed by atoms with Crippen LogP contribution in [-0.4, -0.2) is 24.0 Å². The highest BCUT2D eigenvalue weighted by Gasteiger charge is 2.17. The highest BCUT2D eigenvalue weighted by molar-refractivity contribution is 6.13. The summed E-state index contributed by atoms with van der Waals surface area (Å²) in [5.41, 5.74) is 3.81. The Morgan fingerprint density at radius 1 is 0.844 bits per heavy atom. The monoisotopic (exact) mass is 428 g/mol. The Bertz CT molecular complexity index is 952. The van der Waals surface area contributed by atoms with Crippen LogP contribution in [-0.2, 0) is 4.74 Å². The minimum atomic E-state index is -0.499. The molecule has 3 aromatic carbocycles. The van der Waals surface area contributed by atoms with Crippen LogP contribution < -0.4 is 5.32 Å². The van der Waals surface area contributed by atoms with E-state index in [1.165, 1.54) is 0 Å². The van der Waals surface area contributed by atoms with Crippen LogP contribution in [0, 0.1) is 0 Å². The highest BCUT2D eigenvalue weighted by Crippen LogP contribution is 2.25. The molecule has 0 saturated heterocycles. The molecule has 0 fully saturated rings. The minimum Gasteiger partial charge on any atom is -0.444 e. The number of amides is 1. The van der Waals surface area contributed by atoms with Crippen molar-refractivity contribution in [3.05, 3.63) is 108 Å². The van der Waals surface area contributed by atoms with Crippen molar-refractivity contribution in [2.45, 2.75) is 45.3 Å². The Labute approximate surface area is 191 Å². The molecule has 0 aliphatic heterocycles. The lowest BCUT2D eigenvalue weighted by Gasteiger charge is -2.20. The third-order valence-corrected chi connectivity index (χ3v) is 4.89. The summed E-state index contributed by atoms with van der Waals surface area (Å²) in [6.07, 6.45) is 1.22. The molecule has 166 valence electrons. The van der Waals surface area contributed by atoms with Crippen LogP contribution in [0.5, 0.6) is 0 Å². The molecule has 1 atom stereocenters.